The second-order valence-corrected chi connectivity index (χ2v) is 6.10. The molecule has 0 heterocycles. The van der Waals surface area contributed by atoms with Crippen LogP contribution in [0, 0.1) is 11.3 Å². The molecule has 1 aromatic rings. The van der Waals surface area contributed by atoms with Gasteiger partial charge in [0.1, 0.15) is 11.6 Å². The number of hydrogen-bond acceptors (Lipinski definition) is 5. The fourth-order valence-corrected chi connectivity index (χ4v) is 2.51. The zero-order valence-electron chi connectivity index (χ0n) is 14.0. The molecular formula is C17H21BrN2O4. The van der Waals surface area contributed by atoms with Crippen LogP contribution in [-0.4, -0.2) is 49.8 Å². The number of carbonyl (C=O) groups is 1. The monoisotopic (exact) mass is 396 g/mol. The van der Waals surface area contributed by atoms with Gasteiger partial charge in [0, 0.05) is 6.54 Å². The van der Waals surface area contributed by atoms with Gasteiger partial charge in [-0.05, 0) is 67.1 Å². The third kappa shape index (κ3) is 6.22. The summed E-state index contributed by atoms with van der Waals surface area (Å²) in [5.41, 5.74) is 0.203. The van der Waals surface area contributed by atoms with Crippen molar-refractivity contribution in [2.75, 3.05) is 33.9 Å². The highest BCUT2D eigenvalue weighted by Crippen LogP contribution is 2.37. The Bertz CT molecular complexity index is 651. The van der Waals surface area contributed by atoms with Gasteiger partial charge in [0.25, 0.3) is 0 Å². The largest absolute Gasteiger partial charge is 0.490 e. The van der Waals surface area contributed by atoms with Crippen molar-refractivity contribution in [3.05, 3.63) is 27.7 Å². The van der Waals surface area contributed by atoms with Gasteiger partial charge in [-0.25, -0.2) is 4.79 Å². The maximum atomic E-state index is 11.0. The van der Waals surface area contributed by atoms with Gasteiger partial charge in [0.2, 0.25) is 0 Å². The SMILES string of the molecule is CCOc1cc(C=C(C#N)C(=O)O)cc(Br)c1OCCCN(C)C. The number of aliphatic carboxylic acids is 1. The number of hydrogen-bond donors (Lipinski definition) is 1. The lowest BCUT2D eigenvalue weighted by molar-refractivity contribution is -0.132. The summed E-state index contributed by atoms with van der Waals surface area (Å²) in [6, 6.07) is 5.02. The highest BCUT2D eigenvalue weighted by molar-refractivity contribution is 9.10. The number of carboxylic acids is 1. The molecule has 0 aliphatic heterocycles. The summed E-state index contributed by atoms with van der Waals surface area (Å²) in [6.45, 7) is 3.74. The van der Waals surface area contributed by atoms with Crippen LogP contribution in [0.1, 0.15) is 18.9 Å². The molecule has 0 saturated carbocycles. The third-order valence-corrected chi connectivity index (χ3v) is 3.58. The Morgan fingerprint density at radius 1 is 1.42 bits per heavy atom. The van der Waals surface area contributed by atoms with Gasteiger partial charge in [-0.15, -0.1) is 0 Å². The third-order valence-electron chi connectivity index (χ3n) is 2.99. The molecule has 0 atom stereocenters. The lowest BCUT2D eigenvalue weighted by Gasteiger charge is -2.15. The van der Waals surface area contributed by atoms with Crippen molar-refractivity contribution in [1.82, 2.24) is 4.90 Å². The molecule has 0 aliphatic rings. The van der Waals surface area contributed by atoms with Crippen LogP contribution in [-0.2, 0) is 4.79 Å². The van der Waals surface area contributed by atoms with E-state index in [-0.39, 0.29) is 5.57 Å². The van der Waals surface area contributed by atoms with E-state index in [1.807, 2.05) is 21.0 Å². The van der Waals surface area contributed by atoms with E-state index in [9.17, 15) is 4.79 Å². The Morgan fingerprint density at radius 2 is 2.12 bits per heavy atom. The minimum Gasteiger partial charge on any atom is -0.490 e. The number of benzene rings is 1. The molecule has 0 bridgehead atoms. The zero-order chi connectivity index (χ0) is 18.1. The molecule has 0 unspecified atom stereocenters. The number of nitrogens with zero attached hydrogens (tertiary/aromatic N) is 2. The molecule has 0 radical (unpaired) electrons. The van der Waals surface area contributed by atoms with Crippen LogP contribution in [0.25, 0.3) is 6.08 Å². The molecule has 0 saturated heterocycles. The van der Waals surface area contributed by atoms with Crippen molar-refractivity contribution in [3.63, 3.8) is 0 Å². The molecular weight excluding hydrogens is 376 g/mol. The molecule has 0 aromatic heterocycles. The van der Waals surface area contributed by atoms with E-state index in [2.05, 4.69) is 20.8 Å². The fourth-order valence-electron chi connectivity index (χ4n) is 1.94. The van der Waals surface area contributed by atoms with E-state index in [0.717, 1.165) is 13.0 Å². The quantitative estimate of drug-likeness (QED) is 0.392. The van der Waals surface area contributed by atoms with E-state index in [1.165, 1.54) is 6.08 Å². The van der Waals surface area contributed by atoms with Gasteiger partial charge in [-0.1, -0.05) is 0 Å². The molecule has 1 N–H and O–H groups in total. The summed E-state index contributed by atoms with van der Waals surface area (Å²) in [6.07, 6.45) is 2.16. The van der Waals surface area contributed by atoms with Crippen molar-refractivity contribution in [1.29, 1.82) is 5.26 Å². The summed E-state index contributed by atoms with van der Waals surface area (Å²) in [7, 11) is 4.00. The lowest BCUT2D eigenvalue weighted by atomic mass is 10.1. The van der Waals surface area contributed by atoms with Gasteiger partial charge in [0.05, 0.1) is 17.7 Å². The van der Waals surface area contributed by atoms with Crippen molar-refractivity contribution < 1.29 is 19.4 Å². The Morgan fingerprint density at radius 3 is 2.67 bits per heavy atom. The average molecular weight is 397 g/mol. The highest BCUT2D eigenvalue weighted by atomic mass is 79.9. The van der Waals surface area contributed by atoms with E-state index in [4.69, 9.17) is 19.8 Å². The first-order valence-electron chi connectivity index (χ1n) is 7.48. The topological polar surface area (TPSA) is 82.8 Å². The number of rotatable bonds is 9. The predicted octanol–water partition coefficient (Wildman–Crippen LogP) is 3.17. The number of ether oxygens (including phenoxy) is 2. The summed E-state index contributed by atoms with van der Waals surface area (Å²) < 4.78 is 12.0. The molecule has 0 amide bonds. The van der Waals surface area contributed by atoms with Gasteiger partial charge in [-0.2, -0.15) is 5.26 Å². The maximum absolute atomic E-state index is 11.0. The smallest absolute Gasteiger partial charge is 0.346 e. The van der Waals surface area contributed by atoms with E-state index >= 15 is 0 Å². The number of nitriles is 1. The highest BCUT2D eigenvalue weighted by Gasteiger charge is 2.13. The van der Waals surface area contributed by atoms with Crippen LogP contribution in [0.5, 0.6) is 11.5 Å². The Balaban J connectivity index is 3.05. The van der Waals surface area contributed by atoms with E-state index in [0.29, 0.717) is 34.7 Å². The van der Waals surface area contributed by atoms with Gasteiger partial charge in [-0.3, -0.25) is 0 Å². The van der Waals surface area contributed by atoms with Crippen LogP contribution in [0.4, 0.5) is 0 Å². The molecule has 0 aliphatic carbocycles. The summed E-state index contributed by atoms with van der Waals surface area (Å²) in [5, 5.41) is 17.8. The van der Waals surface area contributed by atoms with E-state index < -0.39 is 5.97 Å². The normalized spacial score (nSPS) is 11.2. The van der Waals surface area contributed by atoms with Gasteiger partial charge in [0.15, 0.2) is 11.5 Å². The van der Waals surface area contributed by atoms with Crippen LogP contribution in [0.3, 0.4) is 0 Å². The van der Waals surface area contributed by atoms with Gasteiger partial charge < -0.3 is 19.5 Å². The van der Waals surface area contributed by atoms with Crippen LogP contribution in [0.2, 0.25) is 0 Å². The van der Waals surface area contributed by atoms with E-state index in [1.54, 1.807) is 18.2 Å². The first-order chi connectivity index (χ1) is 11.4. The minimum absolute atomic E-state index is 0.344. The zero-order valence-corrected chi connectivity index (χ0v) is 15.6. The maximum Gasteiger partial charge on any atom is 0.346 e. The average Bonchev–Trinajstić information content (AvgIpc) is 2.50. The standard InChI is InChI=1S/C17H21BrN2O4/c1-4-23-15-10-12(8-13(11-19)17(21)22)9-14(18)16(15)24-7-5-6-20(2)3/h8-10H,4-7H2,1-3H3,(H,21,22). The molecule has 7 heteroatoms. The Kier molecular flexibility index (Phi) is 8.30. The molecule has 1 aromatic carbocycles. The summed E-state index contributed by atoms with van der Waals surface area (Å²) >= 11 is 3.42. The molecule has 0 spiro atoms. The van der Waals surface area contributed by atoms with Crippen molar-refractivity contribution in [3.8, 4) is 17.6 Å². The fraction of sp³-hybridized carbons (Fsp3) is 0.412. The summed E-state index contributed by atoms with van der Waals surface area (Å²) in [5.74, 6) is -0.192. The number of halogens is 1. The van der Waals surface area contributed by atoms with Crippen molar-refractivity contribution in [2.24, 2.45) is 0 Å². The van der Waals surface area contributed by atoms with Crippen LogP contribution in [0.15, 0.2) is 22.2 Å². The predicted molar refractivity (Wildman–Crippen MR) is 95.2 cm³/mol. The first kappa shape index (κ1) is 20.0. The van der Waals surface area contributed by atoms with Crippen molar-refractivity contribution in [2.45, 2.75) is 13.3 Å². The summed E-state index contributed by atoms with van der Waals surface area (Å²) in [4.78, 5) is 13.0. The Hall–Kier alpha value is -2.04. The minimum atomic E-state index is -1.27. The second-order valence-electron chi connectivity index (χ2n) is 5.24. The van der Waals surface area contributed by atoms with Crippen molar-refractivity contribution >= 4 is 28.0 Å². The van der Waals surface area contributed by atoms with Crippen LogP contribution >= 0.6 is 15.9 Å². The first-order valence-corrected chi connectivity index (χ1v) is 8.27. The second kappa shape index (κ2) is 9.96. The molecule has 130 valence electrons. The molecule has 6 nitrogen and oxygen atoms in total. The molecule has 24 heavy (non-hydrogen) atoms. The molecule has 0 fully saturated rings. The lowest BCUT2D eigenvalue weighted by Crippen LogP contribution is -2.15. The van der Waals surface area contributed by atoms with Gasteiger partial charge >= 0.3 is 5.97 Å². The Labute approximate surface area is 150 Å². The number of carboxylic acid groups (broad SMARTS) is 1. The molecule has 1 rings (SSSR count). The van der Waals surface area contributed by atoms with Crippen LogP contribution < -0.4 is 9.47 Å².